The van der Waals surface area contributed by atoms with Crippen LogP contribution in [0.25, 0.3) is 11.0 Å². The Hall–Kier alpha value is -2.84. The Kier molecular flexibility index (Phi) is 4.48. The minimum atomic E-state index is -3.30. The number of nitrogens with zero attached hydrogens (tertiary/aromatic N) is 1. The van der Waals surface area contributed by atoms with E-state index in [0.29, 0.717) is 28.6 Å². The molecule has 9 heteroatoms. The SMILES string of the molecule is C[B]c1cnc2[nH]cc(C(=O)c3c(F)ccc(OC(F)F)c3F)c2c1. The molecular formula is C16H10BF4N2O2. The van der Waals surface area contributed by atoms with Gasteiger partial charge in [-0.3, -0.25) is 4.79 Å². The number of pyridine rings is 1. The molecule has 0 amide bonds. The number of rotatable bonds is 5. The van der Waals surface area contributed by atoms with Gasteiger partial charge in [-0.2, -0.15) is 8.78 Å². The largest absolute Gasteiger partial charge is 0.432 e. The first-order valence-corrected chi connectivity index (χ1v) is 7.16. The minimum Gasteiger partial charge on any atom is -0.432 e. The zero-order valence-electron chi connectivity index (χ0n) is 12.8. The van der Waals surface area contributed by atoms with Crippen molar-refractivity contribution in [3.8, 4) is 5.75 Å². The first-order valence-electron chi connectivity index (χ1n) is 7.16. The fourth-order valence-electron chi connectivity index (χ4n) is 2.43. The number of nitrogens with one attached hydrogen (secondary N) is 1. The Morgan fingerprint density at radius 3 is 2.76 bits per heavy atom. The van der Waals surface area contributed by atoms with Crippen LogP contribution < -0.4 is 10.2 Å². The Labute approximate surface area is 140 Å². The van der Waals surface area contributed by atoms with Crippen LogP contribution in [0.2, 0.25) is 6.82 Å². The minimum absolute atomic E-state index is 0.0294. The summed E-state index contributed by atoms with van der Waals surface area (Å²) in [6.07, 6.45) is 2.82. The lowest BCUT2D eigenvalue weighted by atomic mass is 9.74. The van der Waals surface area contributed by atoms with E-state index in [9.17, 15) is 22.4 Å². The smallest absolute Gasteiger partial charge is 0.387 e. The fourth-order valence-corrected chi connectivity index (χ4v) is 2.43. The van der Waals surface area contributed by atoms with E-state index in [1.165, 1.54) is 6.20 Å². The average molecular weight is 349 g/mol. The second-order valence-corrected chi connectivity index (χ2v) is 5.10. The van der Waals surface area contributed by atoms with Crippen LogP contribution in [0, 0.1) is 11.6 Å². The topological polar surface area (TPSA) is 55.0 Å². The van der Waals surface area contributed by atoms with E-state index in [2.05, 4.69) is 14.7 Å². The van der Waals surface area contributed by atoms with Gasteiger partial charge in [0.1, 0.15) is 18.7 Å². The number of hydrogen-bond acceptors (Lipinski definition) is 3. The van der Waals surface area contributed by atoms with Gasteiger partial charge in [-0.25, -0.2) is 13.8 Å². The van der Waals surface area contributed by atoms with E-state index in [1.54, 1.807) is 26.4 Å². The number of carbonyl (C=O) groups is 1. The Bertz CT molecular complexity index is 959. The highest BCUT2D eigenvalue weighted by molar-refractivity contribution is 6.52. The highest BCUT2D eigenvalue weighted by atomic mass is 19.3. The van der Waals surface area contributed by atoms with Gasteiger partial charge in [0.25, 0.3) is 0 Å². The Morgan fingerprint density at radius 1 is 1.32 bits per heavy atom. The van der Waals surface area contributed by atoms with Crippen LogP contribution in [0.15, 0.2) is 30.6 Å². The molecule has 0 fully saturated rings. The number of halogens is 4. The fraction of sp³-hybridized carbons (Fsp3) is 0.125. The van der Waals surface area contributed by atoms with E-state index in [1.807, 2.05) is 0 Å². The molecule has 4 nitrogen and oxygen atoms in total. The third-order valence-electron chi connectivity index (χ3n) is 3.63. The van der Waals surface area contributed by atoms with Gasteiger partial charge >= 0.3 is 6.61 Å². The number of fused-ring (bicyclic) bond motifs is 1. The zero-order valence-corrected chi connectivity index (χ0v) is 12.8. The number of H-pyrrole nitrogens is 1. The number of carbonyl (C=O) groups excluding carboxylic acids is 1. The number of ketones is 1. The van der Waals surface area contributed by atoms with Crippen LogP contribution in [0.3, 0.4) is 0 Å². The van der Waals surface area contributed by atoms with Gasteiger partial charge in [0, 0.05) is 23.3 Å². The van der Waals surface area contributed by atoms with Crippen molar-refractivity contribution >= 4 is 29.6 Å². The highest BCUT2D eigenvalue weighted by Gasteiger charge is 2.26. The molecule has 0 unspecified atom stereocenters. The van der Waals surface area contributed by atoms with Crippen LogP contribution in [-0.2, 0) is 0 Å². The summed E-state index contributed by atoms with van der Waals surface area (Å²) in [6.45, 7) is -1.54. The van der Waals surface area contributed by atoms with E-state index in [4.69, 9.17) is 0 Å². The van der Waals surface area contributed by atoms with E-state index in [-0.39, 0.29) is 5.56 Å². The number of ether oxygens (including phenoxy) is 1. The van der Waals surface area contributed by atoms with Crippen molar-refractivity contribution in [2.45, 2.75) is 13.4 Å². The molecular weight excluding hydrogens is 339 g/mol. The van der Waals surface area contributed by atoms with Gasteiger partial charge in [0.05, 0.1) is 5.56 Å². The van der Waals surface area contributed by atoms with Gasteiger partial charge in [-0.1, -0.05) is 18.4 Å². The molecule has 3 aromatic rings. The van der Waals surface area contributed by atoms with Crippen molar-refractivity contribution in [3.05, 3.63) is 53.4 Å². The number of benzene rings is 1. The predicted octanol–water partition coefficient (Wildman–Crippen LogP) is 3.05. The number of alkyl halides is 2. The molecule has 0 aliphatic heterocycles. The lowest BCUT2D eigenvalue weighted by molar-refractivity contribution is -0.0523. The molecule has 25 heavy (non-hydrogen) atoms. The van der Waals surface area contributed by atoms with Crippen molar-refractivity contribution in [1.82, 2.24) is 9.97 Å². The molecule has 127 valence electrons. The van der Waals surface area contributed by atoms with Gasteiger partial charge < -0.3 is 9.72 Å². The molecule has 2 heterocycles. The molecule has 1 aromatic carbocycles. The third-order valence-corrected chi connectivity index (χ3v) is 3.63. The van der Waals surface area contributed by atoms with Crippen LogP contribution in [0.4, 0.5) is 17.6 Å². The van der Waals surface area contributed by atoms with E-state index < -0.39 is 35.3 Å². The molecule has 0 saturated heterocycles. The molecule has 0 aliphatic rings. The first kappa shape index (κ1) is 17.0. The molecule has 0 spiro atoms. The quantitative estimate of drug-likeness (QED) is 0.438. The van der Waals surface area contributed by atoms with Crippen LogP contribution in [0.5, 0.6) is 5.75 Å². The van der Waals surface area contributed by atoms with Crippen molar-refractivity contribution in [1.29, 1.82) is 0 Å². The molecule has 2 aromatic heterocycles. The monoisotopic (exact) mass is 349 g/mol. The van der Waals surface area contributed by atoms with Crippen molar-refractivity contribution in [3.63, 3.8) is 0 Å². The Morgan fingerprint density at radius 2 is 2.08 bits per heavy atom. The summed E-state index contributed by atoms with van der Waals surface area (Å²) in [6, 6.07) is 3.03. The highest BCUT2D eigenvalue weighted by Crippen LogP contribution is 2.28. The standard InChI is InChI=1S/C16H10BF4N2O2/c1-17-7-4-8-9(6-23-15(8)22-5-7)14(24)12-10(18)2-3-11(13(12)19)25-16(20)21/h2-6,16H,1H3,(H,22,23). The number of hydrogen-bond donors (Lipinski definition) is 1. The van der Waals surface area contributed by atoms with Gasteiger partial charge in [0.2, 0.25) is 5.78 Å². The summed E-state index contributed by atoms with van der Waals surface area (Å²) in [5, 5.41) is 0.361. The van der Waals surface area contributed by atoms with Gasteiger partial charge in [-0.05, 0) is 12.1 Å². The summed E-state index contributed by atoms with van der Waals surface area (Å²) in [5.41, 5.74) is 0.0646. The first-order chi connectivity index (χ1) is 11.9. The summed E-state index contributed by atoms with van der Waals surface area (Å²) in [7, 11) is 1.74. The summed E-state index contributed by atoms with van der Waals surface area (Å²) < 4.78 is 57.0. The maximum Gasteiger partial charge on any atom is 0.387 e. The second kappa shape index (κ2) is 6.58. The molecule has 1 N–H and O–H groups in total. The predicted molar refractivity (Wildman–Crippen MR) is 83.8 cm³/mol. The summed E-state index contributed by atoms with van der Waals surface area (Å²) in [4.78, 5) is 19.5. The third kappa shape index (κ3) is 3.09. The second-order valence-electron chi connectivity index (χ2n) is 5.10. The molecule has 0 bridgehead atoms. The average Bonchev–Trinajstić information content (AvgIpc) is 3.00. The Balaban J connectivity index is 2.13. The van der Waals surface area contributed by atoms with Gasteiger partial charge in [0.15, 0.2) is 11.6 Å². The van der Waals surface area contributed by atoms with E-state index in [0.717, 1.165) is 0 Å². The normalized spacial score (nSPS) is 11.1. The summed E-state index contributed by atoms with van der Waals surface area (Å²) in [5.74, 6) is -4.56. The van der Waals surface area contributed by atoms with Crippen LogP contribution in [-0.4, -0.2) is 29.6 Å². The molecule has 0 aliphatic carbocycles. The molecule has 0 atom stereocenters. The molecule has 3 rings (SSSR count). The van der Waals surface area contributed by atoms with Crippen molar-refractivity contribution < 1.29 is 27.1 Å². The van der Waals surface area contributed by atoms with Gasteiger partial charge in [-0.15, -0.1) is 0 Å². The number of aromatic amines is 1. The molecule has 0 saturated carbocycles. The van der Waals surface area contributed by atoms with Crippen LogP contribution in [0.1, 0.15) is 15.9 Å². The maximum absolute atomic E-state index is 14.3. The van der Waals surface area contributed by atoms with Crippen LogP contribution >= 0.6 is 0 Å². The zero-order chi connectivity index (χ0) is 18.1. The lowest BCUT2D eigenvalue weighted by Gasteiger charge is -2.09. The van der Waals surface area contributed by atoms with E-state index >= 15 is 0 Å². The maximum atomic E-state index is 14.3. The summed E-state index contributed by atoms with van der Waals surface area (Å²) >= 11 is 0. The lowest BCUT2D eigenvalue weighted by Crippen LogP contribution is -2.13. The van der Waals surface area contributed by atoms with Crippen molar-refractivity contribution in [2.75, 3.05) is 0 Å². The number of aromatic nitrogens is 2. The van der Waals surface area contributed by atoms with Crippen molar-refractivity contribution in [2.24, 2.45) is 0 Å². The molecule has 1 radical (unpaired) electrons.